The van der Waals surface area contributed by atoms with E-state index in [1.807, 2.05) is 31.2 Å². The maximum absolute atomic E-state index is 14.0. The second-order valence-corrected chi connectivity index (χ2v) is 10.4. The van der Waals surface area contributed by atoms with Crippen LogP contribution in [0.25, 0.3) is 33.4 Å². The van der Waals surface area contributed by atoms with Gasteiger partial charge in [-0.2, -0.15) is 4.98 Å². The fraction of sp³-hybridized carbons (Fsp3) is 0.393. The summed E-state index contributed by atoms with van der Waals surface area (Å²) in [5.74, 6) is 0.511. The molecular weight excluding hydrogens is 502 g/mol. The van der Waals surface area contributed by atoms with Crippen LogP contribution in [0.2, 0.25) is 5.02 Å². The molecule has 1 unspecified atom stereocenters. The number of aromatic nitrogens is 5. The number of fused-ring (bicyclic) bond motifs is 1. The van der Waals surface area contributed by atoms with E-state index in [0.717, 1.165) is 55.0 Å². The molecule has 1 atom stereocenters. The van der Waals surface area contributed by atoms with Crippen LogP contribution in [0.1, 0.15) is 25.0 Å². The van der Waals surface area contributed by atoms with E-state index in [2.05, 4.69) is 25.2 Å². The average Bonchev–Trinajstić information content (AvgIpc) is 3.63. The summed E-state index contributed by atoms with van der Waals surface area (Å²) in [5.41, 5.74) is 4.11. The van der Waals surface area contributed by atoms with Crippen LogP contribution < -0.4 is 10.9 Å². The van der Waals surface area contributed by atoms with E-state index < -0.39 is 0 Å². The zero-order chi connectivity index (χ0) is 26.1. The molecule has 2 saturated heterocycles. The van der Waals surface area contributed by atoms with Crippen molar-refractivity contribution in [1.82, 2.24) is 29.4 Å². The lowest BCUT2D eigenvalue weighted by atomic mass is 10.0. The lowest BCUT2D eigenvalue weighted by Gasteiger charge is -2.18. The van der Waals surface area contributed by atoms with Gasteiger partial charge in [0.25, 0.3) is 5.56 Å². The van der Waals surface area contributed by atoms with Crippen molar-refractivity contribution in [1.29, 1.82) is 0 Å². The van der Waals surface area contributed by atoms with Gasteiger partial charge in [-0.05, 0) is 51.4 Å². The fourth-order valence-electron chi connectivity index (χ4n) is 5.20. The molecule has 5 heterocycles. The number of ether oxygens (including phenoxy) is 1. The molecule has 3 aromatic heterocycles. The first kappa shape index (κ1) is 24.9. The van der Waals surface area contributed by atoms with Crippen LogP contribution in [0, 0.1) is 6.92 Å². The van der Waals surface area contributed by atoms with E-state index >= 15 is 0 Å². The number of nitrogens with one attached hydrogen (secondary N) is 1. The highest BCUT2D eigenvalue weighted by Gasteiger charge is 2.20. The van der Waals surface area contributed by atoms with Gasteiger partial charge in [0.05, 0.1) is 30.2 Å². The molecular formula is C28H30ClN7O2. The van der Waals surface area contributed by atoms with Gasteiger partial charge in [-0.15, -0.1) is 0 Å². The van der Waals surface area contributed by atoms with Crippen molar-refractivity contribution in [2.45, 2.75) is 38.8 Å². The van der Waals surface area contributed by atoms with Gasteiger partial charge in [-0.3, -0.25) is 14.3 Å². The van der Waals surface area contributed by atoms with Crippen LogP contribution in [-0.4, -0.2) is 68.3 Å². The molecule has 6 rings (SSSR count). The molecule has 9 nitrogen and oxygen atoms in total. The molecule has 4 aromatic rings. The second kappa shape index (κ2) is 10.8. The Morgan fingerprint density at radius 3 is 2.71 bits per heavy atom. The van der Waals surface area contributed by atoms with Crippen molar-refractivity contribution in [2.75, 3.05) is 38.2 Å². The van der Waals surface area contributed by atoms with Gasteiger partial charge in [0.15, 0.2) is 0 Å². The van der Waals surface area contributed by atoms with Crippen molar-refractivity contribution >= 4 is 28.6 Å². The van der Waals surface area contributed by atoms with E-state index in [4.69, 9.17) is 21.3 Å². The molecule has 0 radical (unpaired) electrons. The normalized spacial score (nSPS) is 17.9. The number of hydrogen-bond donors (Lipinski definition) is 1. The number of rotatable bonds is 7. The summed E-state index contributed by atoms with van der Waals surface area (Å²) >= 11 is 6.77. The summed E-state index contributed by atoms with van der Waals surface area (Å²) in [7, 11) is 0. The molecule has 38 heavy (non-hydrogen) atoms. The topological polar surface area (TPSA) is 98.1 Å². The maximum atomic E-state index is 14.0. The van der Waals surface area contributed by atoms with Gasteiger partial charge in [0, 0.05) is 59.2 Å². The number of likely N-dealkylation sites (tertiary alicyclic amines) is 1. The first-order chi connectivity index (χ1) is 18.5. The number of pyridine rings is 1. The quantitative estimate of drug-likeness (QED) is 0.379. The largest absolute Gasteiger partial charge is 0.379 e. The lowest BCUT2D eigenvalue weighted by Crippen LogP contribution is -2.30. The first-order valence-corrected chi connectivity index (χ1v) is 13.5. The number of halogens is 1. The Morgan fingerprint density at radius 1 is 1.08 bits per heavy atom. The summed E-state index contributed by atoms with van der Waals surface area (Å²) in [6.45, 7) is 6.71. The fourth-order valence-corrected chi connectivity index (χ4v) is 5.49. The van der Waals surface area contributed by atoms with Crippen molar-refractivity contribution in [3.63, 3.8) is 0 Å². The Kier molecular flexibility index (Phi) is 7.06. The SMILES string of the molecule is Cc1cncc(-c2ccc(-c3cc4cnc(NC5CCOC5)nc4n(CCN4CCCC4)c3=O)c(Cl)c2)n1. The number of aryl methyl sites for hydroxylation is 1. The third kappa shape index (κ3) is 5.14. The highest BCUT2D eigenvalue weighted by Crippen LogP contribution is 2.31. The number of anilines is 1. The van der Waals surface area contributed by atoms with Gasteiger partial charge >= 0.3 is 0 Å². The molecule has 0 saturated carbocycles. The Labute approximate surface area is 225 Å². The van der Waals surface area contributed by atoms with Crippen molar-refractivity contribution in [3.8, 4) is 22.4 Å². The summed E-state index contributed by atoms with van der Waals surface area (Å²) in [6, 6.07) is 7.67. The van der Waals surface area contributed by atoms with E-state index in [1.165, 1.54) is 12.8 Å². The molecule has 0 spiro atoms. The predicted molar refractivity (Wildman–Crippen MR) is 149 cm³/mol. The highest BCUT2D eigenvalue weighted by molar-refractivity contribution is 6.33. The first-order valence-electron chi connectivity index (χ1n) is 13.1. The number of benzene rings is 1. The third-order valence-corrected chi connectivity index (χ3v) is 7.55. The zero-order valence-electron chi connectivity index (χ0n) is 21.4. The number of nitrogens with zero attached hydrogens (tertiary/aromatic N) is 6. The predicted octanol–water partition coefficient (Wildman–Crippen LogP) is 4.17. The zero-order valence-corrected chi connectivity index (χ0v) is 22.1. The lowest BCUT2D eigenvalue weighted by molar-refractivity contribution is 0.195. The van der Waals surface area contributed by atoms with Gasteiger partial charge in [-0.25, -0.2) is 9.97 Å². The van der Waals surface area contributed by atoms with Gasteiger partial charge in [-0.1, -0.05) is 23.7 Å². The van der Waals surface area contributed by atoms with E-state index in [1.54, 1.807) is 23.2 Å². The molecule has 2 aliphatic heterocycles. The summed E-state index contributed by atoms with van der Waals surface area (Å²) in [6.07, 6.45) is 8.50. The summed E-state index contributed by atoms with van der Waals surface area (Å²) in [5, 5.41) is 4.62. The van der Waals surface area contributed by atoms with Gasteiger partial charge in [0.1, 0.15) is 5.65 Å². The molecule has 0 amide bonds. The van der Waals surface area contributed by atoms with E-state index in [0.29, 0.717) is 40.9 Å². The van der Waals surface area contributed by atoms with Crippen LogP contribution in [0.4, 0.5) is 5.95 Å². The van der Waals surface area contributed by atoms with Crippen LogP contribution in [-0.2, 0) is 11.3 Å². The minimum Gasteiger partial charge on any atom is -0.379 e. The average molecular weight is 532 g/mol. The highest BCUT2D eigenvalue weighted by atomic mass is 35.5. The standard InChI is InChI=1S/C28H30ClN7O2/c1-18-14-30-16-25(32-18)19-4-5-22(24(29)13-19)23-12-20-15-31-28(33-21-6-11-38-17-21)34-26(20)36(27(23)37)10-9-35-7-2-3-8-35/h4-5,12-16,21H,2-3,6-11,17H2,1H3,(H,31,33,34). The van der Waals surface area contributed by atoms with E-state index in [-0.39, 0.29) is 11.6 Å². The van der Waals surface area contributed by atoms with E-state index in [9.17, 15) is 4.79 Å². The van der Waals surface area contributed by atoms with Gasteiger partial charge < -0.3 is 15.0 Å². The monoisotopic (exact) mass is 531 g/mol. The smallest absolute Gasteiger partial charge is 0.260 e. The number of hydrogen-bond acceptors (Lipinski definition) is 8. The minimum absolute atomic E-state index is 0.115. The molecule has 1 aromatic carbocycles. The maximum Gasteiger partial charge on any atom is 0.260 e. The third-order valence-electron chi connectivity index (χ3n) is 7.24. The van der Waals surface area contributed by atoms with Crippen LogP contribution in [0.5, 0.6) is 0 Å². The molecule has 1 N–H and O–H groups in total. The Morgan fingerprint density at radius 2 is 1.95 bits per heavy atom. The summed E-state index contributed by atoms with van der Waals surface area (Å²) in [4.78, 5) is 34.5. The molecule has 0 aliphatic carbocycles. The van der Waals surface area contributed by atoms with Crippen LogP contribution in [0.15, 0.2) is 47.7 Å². The molecule has 196 valence electrons. The molecule has 0 bridgehead atoms. The second-order valence-electron chi connectivity index (χ2n) is 9.98. The van der Waals surface area contributed by atoms with Crippen molar-refractivity contribution < 1.29 is 4.74 Å². The Hall–Kier alpha value is -3.40. The Balaban J connectivity index is 1.41. The summed E-state index contributed by atoms with van der Waals surface area (Å²) < 4.78 is 7.25. The molecule has 2 aliphatic rings. The van der Waals surface area contributed by atoms with Crippen LogP contribution >= 0.6 is 11.6 Å². The molecule has 10 heteroatoms. The molecule has 2 fully saturated rings. The van der Waals surface area contributed by atoms with Gasteiger partial charge in [0.2, 0.25) is 5.95 Å². The van der Waals surface area contributed by atoms with Crippen molar-refractivity contribution in [3.05, 3.63) is 63.9 Å². The Bertz CT molecular complexity index is 1530. The van der Waals surface area contributed by atoms with Crippen molar-refractivity contribution in [2.24, 2.45) is 0 Å². The minimum atomic E-state index is -0.115. The van der Waals surface area contributed by atoms with Crippen LogP contribution in [0.3, 0.4) is 0 Å².